The molecule has 2 N–H and O–H groups in total. The molecule has 51 heavy (non-hydrogen) atoms. The average Bonchev–Trinajstić information content (AvgIpc) is 3.07. The second kappa shape index (κ2) is 17.2. The molecule has 0 aromatic heterocycles. The minimum Gasteiger partial charge on any atom is -0.495 e. The van der Waals surface area contributed by atoms with Crippen molar-refractivity contribution in [3.63, 3.8) is 0 Å². The van der Waals surface area contributed by atoms with Gasteiger partial charge in [0.1, 0.15) is 22.9 Å². The number of ether oxygens (including phenoxy) is 2. The van der Waals surface area contributed by atoms with Crippen LogP contribution < -0.4 is 20.1 Å². The molecule has 4 aromatic rings. The van der Waals surface area contributed by atoms with Crippen LogP contribution in [0.4, 0.5) is 22.7 Å². The zero-order chi connectivity index (χ0) is 37.4. The summed E-state index contributed by atoms with van der Waals surface area (Å²) in [6, 6.07) is 15.4. The van der Waals surface area contributed by atoms with Crippen molar-refractivity contribution >= 4 is 80.9 Å². The van der Waals surface area contributed by atoms with Gasteiger partial charge in [0, 0.05) is 17.8 Å². The van der Waals surface area contributed by atoms with Crippen molar-refractivity contribution in [2.24, 2.45) is 20.5 Å². The number of carbonyl (C=O) groups is 4. The van der Waals surface area contributed by atoms with Crippen LogP contribution in [0.2, 0.25) is 15.1 Å². The number of anilines is 2. The zero-order valence-electron chi connectivity index (χ0n) is 28.4. The molecule has 2 amide bonds. The number of methoxy groups -OCH3 is 2. The molecule has 2 atom stereocenters. The molecule has 15 heteroatoms. The van der Waals surface area contributed by atoms with Crippen LogP contribution in [0.1, 0.15) is 25.0 Å². The highest BCUT2D eigenvalue weighted by atomic mass is 35.5. The molecule has 0 aliphatic rings. The number of aryl methyl sites for hydroxylation is 2. The summed E-state index contributed by atoms with van der Waals surface area (Å²) in [5, 5.41) is 22.1. The molecular formula is C36H33Cl3N6O6. The number of Topliss-reactive ketones (excluding diaryl/α,β-unsaturated/α-hetero) is 2. The van der Waals surface area contributed by atoms with E-state index in [1.807, 2.05) is 26.0 Å². The van der Waals surface area contributed by atoms with E-state index < -0.39 is 35.5 Å². The molecule has 0 fully saturated rings. The van der Waals surface area contributed by atoms with Crippen LogP contribution in [0.25, 0.3) is 11.1 Å². The van der Waals surface area contributed by atoms with Crippen molar-refractivity contribution < 1.29 is 28.7 Å². The second-order valence-electron chi connectivity index (χ2n) is 11.3. The lowest BCUT2D eigenvalue weighted by molar-refractivity contribution is -0.127. The minimum absolute atomic E-state index is 0.182. The Balaban J connectivity index is 1.48. The molecule has 4 rings (SSSR count). The Morgan fingerprint density at radius 3 is 1.53 bits per heavy atom. The van der Waals surface area contributed by atoms with Gasteiger partial charge in [-0.05, 0) is 74.7 Å². The quantitative estimate of drug-likeness (QED) is 0.102. The number of halogens is 3. The number of ketones is 2. The number of azo groups is 2. The Kier molecular flexibility index (Phi) is 13.0. The maximum absolute atomic E-state index is 13.0. The van der Waals surface area contributed by atoms with E-state index in [-0.39, 0.29) is 43.6 Å². The van der Waals surface area contributed by atoms with E-state index in [4.69, 9.17) is 44.3 Å². The number of carbonyl (C=O) groups excluding carboxylic acids is 4. The van der Waals surface area contributed by atoms with Crippen LogP contribution in [0, 0.1) is 13.8 Å². The van der Waals surface area contributed by atoms with Gasteiger partial charge in [-0.1, -0.05) is 64.6 Å². The molecule has 12 nitrogen and oxygen atoms in total. The average molecular weight is 752 g/mol. The SMILES string of the molecule is COc1cc(NC(=O)[C@@H](N=Nc2ccc(-c3ccc(N=N[C@@H](C(C)=O)C(=O)Nc4ccc(C)cc4C)c(Cl)c3)cc2Cl)C(C)=O)c(OC)cc1Cl. The Hall–Kier alpha value is -5.17. The summed E-state index contributed by atoms with van der Waals surface area (Å²) in [7, 11) is 2.82. The van der Waals surface area contributed by atoms with Gasteiger partial charge in [-0.3, -0.25) is 19.2 Å². The van der Waals surface area contributed by atoms with E-state index in [0.29, 0.717) is 16.8 Å². The van der Waals surface area contributed by atoms with Crippen molar-refractivity contribution in [1.29, 1.82) is 0 Å². The van der Waals surface area contributed by atoms with E-state index in [1.165, 1.54) is 40.2 Å². The van der Waals surface area contributed by atoms with Crippen molar-refractivity contribution in [3.05, 3.63) is 92.9 Å². The lowest BCUT2D eigenvalue weighted by Gasteiger charge is -2.14. The monoisotopic (exact) mass is 750 g/mol. The number of amides is 2. The molecule has 0 aliphatic carbocycles. The van der Waals surface area contributed by atoms with Crippen molar-refractivity contribution in [2.45, 2.75) is 39.8 Å². The first-order chi connectivity index (χ1) is 24.2. The Morgan fingerprint density at radius 1 is 0.608 bits per heavy atom. The van der Waals surface area contributed by atoms with E-state index in [1.54, 1.807) is 42.5 Å². The summed E-state index contributed by atoms with van der Waals surface area (Å²) >= 11 is 19.2. The Bertz CT molecular complexity index is 2070. The number of hydrogen-bond acceptors (Lipinski definition) is 10. The topological polar surface area (TPSA) is 160 Å². The third-order valence-electron chi connectivity index (χ3n) is 7.43. The summed E-state index contributed by atoms with van der Waals surface area (Å²) in [6.07, 6.45) is 0. The number of nitrogens with one attached hydrogen (secondary N) is 2. The fourth-order valence-electron chi connectivity index (χ4n) is 4.73. The fourth-order valence-corrected chi connectivity index (χ4v) is 5.39. The third-order valence-corrected chi connectivity index (χ3v) is 8.33. The smallest absolute Gasteiger partial charge is 0.258 e. The van der Waals surface area contributed by atoms with Crippen LogP contribution in [-0.4, -0.2) is 49.7 Å². The Morgan fingerprint density at radius 2 is 1.10 bits per heavy atom. The number of nitrogens with zero attached hydrogens (tertiary/aromatic N) is 4. The molecule has 0 heterocycles. The summed E-state index contributed by atoms with van der Waals surface area (Å²) in [5.74, 6) is -1.89. The van der Waals surface area contributed by atoms with Gasteiger partial charge < -0.3 is 20.1 Å². The molecule has 0 aliphatic heterocycles. The maximum Gasteiger partial charge on any atom is 0.258 e. The van der Waals surface area contributed by atoms with Crippen LogP contribution in [0.15, 0.2) is 87.2 Å². The lowest BCUT2D eigenvalue weighted by atomic mass is 10.0. The highest BCUT2D eigenvalue weighted by molar-refractivity contribution is 6.34. The highest BCUT2D eigenvalue weighted by Crippen LogP contribution is 2.37. The number of benzene rings is 4. The first-order valence-corrected chi connectivity index (χ1v) is 16.4. The molecule has 0 radical (unpaired) electrons. The van der Waals surface area contributed by atoms with Crippen LogP contribution in [0.5, 0.6) is 11.5 Å². The van der Waals surface area contributed by atoms with Crippen molar-refractivity contribution in [1.82, 2.24) is 0 Å². The molecule has 0 saturated carbocycles. The summed E-state index contributed by atoms with van der Waals surface area (Å²) < 4.78 is 10.5. The largest absolute Gasteiger partial charge is 0.495 e. The molecule has 0 saturated heterocycles. The summed E-state index contributed by atoms with van der Waals surface area (Å²) in [4.78, 5) is 50.6. The van der Waals surface area contributed by atoms with Gasteiger partial charge in [0.25, 0.3) is 11.8 Å². The first kappa shape index (κ1) is 38.6. The fraction of sp³-hybridized carbons (Fsp3) is 0.222. The molecule has 0 unspecified atom stereocenters. The number of rotatable bonds is 13. The standard InChI is InChI=1S/C36H33Cl3N6O6/c1-18-7-10-27(19(2)13-18)40-35(48)33(20(3)46)44-42-28-11-8-22(14-24(28)37)23-9-12-29(25(38)15-23)43-45-34(21(4)47)36(49)41-30-17-31(50-5)26(39)16-32(30)51-6/h7-17,33-34H,1-6H3,(H,40,48)(H,41,49)/t33-,34-/m0/s1. The highest BCUT2D eigenvalue weighted by Gasteiger charge is 2.26. The summed E-state index contributed by atoms with van der Waals surface area (Å²) in [5.41, 5.74) is 4.43. The van der Waals surface area contributed by atoms with Gasteiger partial charge in [0.2, 0.25) is 12.1 Å². The molecule has 264 valence electrons. The van der Waals surface area contributed by atoms with E-state index in [2.05, 4.69) is 31.1 Å². The van der Waals surface area contributed by atoms with Crippen LogP contribution >= 0.6 is 34.8 Å². The third kappa shape index (κ3) is 9.75. The van der Waals surface area contributed by atoms with E-state index >= 15 is 0 Å². The minimum atomic E-state index is -1.49. The first-order valence-electron chi connectivity index (χ1n) is 15.2. The van der Waals surface area contributed by atoms with Gasteiger partial charge in [0.15, 0.2) is 11.6 Å². The van der Waals surface area contributed by atoms with E-state index in [0.717, 1.165) is 11.1 Å². The Labute approximate surface area is 309 Å². The molecule has 0 spiro atoms. The molecule has 4 aromatic carbocycles. The van der Waals surface area contributed by atoms with Crippen molar-refractivity contribution in [2.75, 3.05) is 24.9 Å². The van der Waals surface area contributed by atoms with Gasteiger partial charge in [-0.25, -0.2) is 0 Å². The maximum atomic E-state index is 13.0. The van der Waals surface area contributed by atoms with Crippen LogP contribution in [-0.2, 0) is 19.2 Å². The van der Waals surface area contributed by atoms with Crippen molar-refractivity contribution in [3.8, 4) is 22.6 Å². The summed E-state index contributed by atoms with van der Waals surface area (Å²) in [6.45, 7) is 6.26. The number of hydrogen-bond donors (Lipinski definition) is 2. The van der Waals surface area contributed by atoms with Gasteiger partial charge in [-0.15, -0.1) is 0 Å². The predicted molar refractivity (Wildman–Crippen MR) is 198 cm³/mol. The lowest BCUT2D eigenvalue weighted by Crippen LogP contribution is -2.32. The second-order valence-corrected chi connectivity index (χ2v) is 12.5. The van der Waals surface area contributed by atoms with Gasteiger partial charge in [-0.2, -0.15) is 20.5 Å². The van der Waals surface area contributed by atoms with Gasteiger partial charge in [0.05, 0.1) is 35.0 Å². The zero-order valence-corrected chi connectivity index (χ0v) is 30.6. The van der Waals surface area contributed by atoms with Crippen LogP contribution in [0.3, 0.4) is 0 Å². The van der Waals surface area contributed by atoms with Gasteiger partial charge >= 0.3 is 0 Å². The normalized spacial score (nSPS) is 12.4. The molecule has 0 bridgehead atoms. The molecular weight excluding hydrogens is 719 g/mol. The predicted octanol–water partition coefficient (Wildman–Crippen LogP) is 9.31. The van der Waals surface area contributed by atoms with E-state index in [9.17, 15) is 19.2 Å².